The summed E-state index contributed by atoms with van der Waals surface area (Å²) in [7, 11) is 2.18. The van der Waals surface area contributed by atoms with E-state index in [-0.39, 0.29) is 0 Å². The van der Waals surface area contributed by atoms with Crippen molar-refractivity contribution in [2.24, 2.45) is 0 Å². The number of aromatic nitrogens is 2. The average Bonchev–Trinajstić information content (AvgIpc) is 3.06. The molecule has 0 unspecified atom stereocenters. The standard InChI is InChI=1S/C14H26N4/c1-12(2)17(3)7-4-8-18-10-14(16-11-18)9-15-13-5-6-13/h10-13,15H,4-9H2,1-3H3. The van der Waals surface area contributed by atoms with Gasteiger partial charge in [0.1, 0.15) is 0 Å². The van der Waals surface area contributed by atoms with Crippen molar-refractivity contribution in [3.63, 3.8) is 0 Å². The lowest BCUT2D eigenvalue weighted by molar-refractivity contribution is 0.265. The summed E-state index contributed by atoms with van der Waals surface area (Å²) in [6.07, 6.45) is 7.98. The van der Waals surface area contributed by atoms with Crippen molar-refractivity contribution in [1.82, 2.24) is 19.8 Å². The fourth-order valence-corrected chi connectivity index (χ4v) is 1.92. The lowest BCUT2D eigenvalue weighted by atomic mass is 10.3. The Balaban J connectivity index is 1.66. The smallest absolute Gasteiger partial charge is 0.0949 e. The molecule has 102 valence electrons. The van der Waals surface area contributed by atoms with Crippen molar-refractivity contribution >= 4 is 0 Å². The van der Waals surface area contributed by atoms with Gasteiger partial charge in [-0.05, 0) is 46.7 Å². The van der Waals surface area contributed by atoms with Crippen LogP contribution in [0.25, 0.3) is 0 Å². The van der Waals surface area contributed by atoms with E-state index < -0.39 is 0 Å². The quantitative estimate of drug-likeness (QED) is 0.764. The molecule has 0 saturated heterocycles. The maximum Gasteiger partial charge on any atom is 0.0949 e. The first-order chi connectivity index (χ1) is 8.65. The third-order valence-electron chi connectivity index (χ3n) is 3.64. The van der Waals surface area contributed by atoms with Crippen molar-refractivity contribution in [3.05, 3.63) is 18.2 Å². The summed E-state index contributed by atoms with van der Waals surface area (Å²) in [6, 6.07) is 1.39. The molecule has 2 rings (SSSR count). The zero-order chi connectivity index (χ0) is 13.0. The largest absolute Gasteiger partial charge is 0.337 e. The van der Waals surface area contributed by atoms with Gasteiger partial charge in [-0.1, -0.05) is 0 Å². The second-order valence-electron chi connectivity index (χ2n) is 5.69. The molecule has 0 atom stereocenters. The first kappa shape index (κ1) is 13.6. The van der Waals surface area contributed by atoms with Gasteiger partial charge >= 0.3 is 0 Å². The molecule has 1 N–H and O–H groups in total. The van der Waals surface area contributed by atoms with Gasteiger partial charge in [-0.3, -0.25) is 0 Å². The van der Waals surface area contributed by atoms with Crippen molar-refractivity contribution in [2.75, 3.05) is 13.6 Å². The lowest BCUT2D eigenvalue weighted by Crippen LogP contribution is -2.27. The van der Waals surface area contributed by atoms with Gasteiger partial charge in [0.2, 0.25) is 0 Å². The maximum absolute atomic E-state index is 4.44. The third kappa shape index (κ3) is 4.42. The number of hydrogen-bond donors (Lipinski definition) is 1. The van der Waals surface area contributed by atoms with E-state index in [0.29, 0.717) is 6.04 Å². The van der Waals surface area contributed by atoms with Gasteiger partial charge < -0.3 is 14.8 Å². The molecule has 0 amide bonds. The summed E-state index contributed by atoms with van der Waals surface area (Å²) in [4.78, 5) is 6.82. The van der Waals surface area contributed by atoms with Gasteiger partial charge in [0.25, 0.3) is 0 Å². The fraction of sp³-hybridized carbons (Fsp3) is 0.786. The second-order valence-corrected chi connectivity index (χ2v) is 5.69. The van der Waals surface area contributed by atoms with E-state index >= 15 is 0 Å². The Morgan fingerprint density at radius 1 is 1.50 bits per heavy atom. The predicted molar refractivity (Wildman–Crippen MR) is 74.5 cm³/mol. The number of rotatable bonds is 8. The third-order valence-corrected chi connectivity index (χ3v) is 3.64. The molecule has 1 fully saturated rings. The normalized spacial score (nSPS) is 15.8. The Hall–Kier alpha value is -0.870. The molecule has 1 aliphatic rings. The van der Waals surface area contributed by atoms with Gasteiger partial charge in [0.15, 0.2) is 0 Å². The minimum Gasteiger partial charge on any atom is -0.337 e. The topological polar surface area (TPSA) is 33.1 Å². The molecular formula is C14H26N4. The molecule has 0 aromatic carbocycles. The number of nitrogens with zero attached hydrogens (tertiary/aromatic N) is 3. The van der Waals surface area contributed by atoms with Crippen molar-refractivity contribution in [2.45, 2.75) is 58.3 Å². The molecule has 1 aromatic heterocycles. The molecule has 4 heteroatoms. The Bertz CT molecular complexity index is 354. The fourth-order valence-electron chi connectivity index (χ4n) is 1.92. The first-order valence-electron chi connectivity index (χ1n) is 7.09. The molecule has 18 heavy (non-hydrogen) atoms. The molecule has 0 bridgehead atoms. The summed E-state index contributed by atoms with van der Waals surface area (Å²) >= 11 is 0. The van der Waals surface area contributed by atoms with Crippen LogP contribution in [0.4, 0.5) is 0 Å². The summed E-state index contributed by atoms with van der Waals surface area (Å²) in [6.45, 7) is 7.60. The van der Waals surface area contributed by atoms with E-state index in [0.717, 1.165) is 25.7 Å². The molecule has 0 radical (unpaired) electrons. The number of aryl methyl sites for hydroxylation is 1. The summed E-state index contributed by atoms with van der Waals surface area (Å²) < 4.78 is 2.21. The first-order valence-corrected chi connectivity index (χ1v) is 7.09. The van der Waals surface area contributed by atoms with Crippen LogP contribution in [0.2, 0.25) is 0 Å². The average molecular weight is 250 g/mol. The second kappa shape index (κ2) is 6.34. The molecule has 1 aliphatic carbocycles. The van der Waals surface area contributed by atoms with E-state index in [2.05, 4.69) is 46.9 Å². The van der Waals surface area contributed by atoms with Crippen LogP contribution in [0.3, 0.4) is 0 Å². The van der Waals surface area contributed by atoms with Gasteiger partial charge in [0, 0.05) is 31.4 Å². The van der Waals surface area contributed by atoms with Gasteiger partial charge in [-0.15, -0.1) is 0 Å². The Labute approximate surface area is 110 Å². The predicted octanol–water partition coefficient (Wildman–Crippen LogP) is 1.87. The molecule has 4 nitrogen and oxygen atoms in total. The number of imidazole rings is 1. The van der Waals surface area contributed by atoms with E-state index in [1.165, 1.54) is 25.0 Å². The molecule has 0 spiro atoms. The number of nitrogens with one attached hydrogen (secondary N) is 1. The van der Waals surface area contributed by atoms with E-state index in [4.69, 9.17) is 0 Å². The van der Waals surface area contributed by atoms with E-state index in [1.807, 2.05) is 6.33 Å². The van der Waals surface area contributed by atoms with Crippen molar-refractivity contribution in [1.29, 1.82) is 0 Å². The van der Waals surface area contributed by atoms with Crippen LogP contribution in [-0.2, 0) is 13.1 Å². The highest BCUT2D eigenvalue weighted by atomic mass is 15.1. The Kier molecular flexibility index (Phi) is 4.78. The Morgan fingerprint density at radius 2 is 2.28 bits per heavy atom. The molecular weight excluding hydrogens is 224 g/mol. The van der Waals surface area contributed by atoms with Crippen LogP contribution in [0.15, 0.2) is 12.5 Å². The van der Waals surface area contributed by atoms with Crippen molar-refractivity contribution in [3.8, 4) is 0 Å². The van der Waals surface area contributed by atoms with Gasteiger partial charge in [-0.25, -0.2) is 4.98 Å². The van der Waals surface area contributed by atoms with Crippen LogP contribution in [0, 0.1) is 0 Å². The maximum atomic E-state index is 4.44. The highest BCUT2D eigenvalue weighted by Crippen LogP contribution is 2.18. The van der Waals surface area contributed by atoms with Gasteiger partial charge in [0.05, 0.1) is 12.0 Å². The monoisotopic (exact) mass is 250 g/mol. The van der Waals surface area contributed by atoms with Crippen molar-refractivity contribution < 1.29 is 0 Å². The van der Waals surface area contributed by atoms with Crippen LogP contribution in [0.1, 0.15) is 38.8 Å². The number of hydrogen-bond acceptors (Lipinski definition) is 3. The molecule has 0 aliphatic heterocycles. The lowest BCUT2D eigenvalue weighted by Gasteiger charge is -2.20. The molecule has 1 heterocycles. The SMILES string of the molecule is CC(C)N(C)CCCn1cnc(CNC2CC2)c1. The minimum atomic E-state index is 0.631. The molecule has 1 saturated carbocycles. The zero-order valence-electron chi connectivity index (χ0n) is 11.9. The summed E-state index contributed by atoms with van der Waals surface area (Å²) in [5, 5.41) is 3.49. The summed E-state index contributed by atoms with van der Waals surface area (Å²) in [5.74, 6) is 0. The highest BCUT2D eigenvalue weighted by molar-refractivity contribution is 4.97. The van der Waals surface area contributed by atoms with Crippen LogP contribution >= 0.6 is 0 Å². The highest BCUT2D eigenvalue weighted by Gasteiger charge is 2.20. The van der Waals surface area contributed by atoms with Gasteiger partial charge in [-0.2, -0.15) is 0 Å². The minimum absolute atomic E-state index is 0.631. The Morgan fingerprint density at radius 3 is 2.94 bits per heavy atom. The van der Waals surface area contributed by atoms with E-state index in [9.17, 15) is 0 Å². The zero-order valence-corrected chi connectivity index (χ0v) is 11.9. The van der Waals surface area contributed by atoms with Crippen LogP contribution < -0.4 is 5.32 Å². The molecule has 1 aromatic rings. The van der Waals surface area contributed by atoms with E-state index in [1.54, 1.807) is 0 Å². The summed E-state index contributed by atoms with van der Waals surface area (Å²) in [5.41, 5.74) is 1.17. The van der Waals surface area contributed by atoms with Crippen LogP contribution in [-0.4, -0.2) is 40.1 Å². The van der Waals surface area contributed by atoms with Crippen LogP contribution in [0.5, 0.6) is 0 Å².